The van der Waals surface area contributed by atoms with E-state index in [4.69, 9.17) is 9.05 Å². The molecule has 0 spiro atoms. The fourth-order valence-electron chi connectivity index (χ4n) is 5.81. The van der Waals surface area contributed by atoms with Crippen LogP contribution in [0.1, 0.15) is 91.5 Å². The Balaban J connectivity index is 1.94. The molecule has 0 bridgehead atoms. The van der Waals surface area contributed by atoms with Crippen molar-refractivity contribution in [2.45, 2.75) is 98.1 Å². The normalized spacial score (nSPS) is 32.3. The first-order valence-corrected chi connectivity index (χ1v) is 15.3. The van der Waals surface area contributed by atoms with Gasteiger partial charge >= 0.3 is 7.60 Å². The van der Waals surface area contributed by atoms with Gasteiger partial charge in [-0.2, -0.15) is 0 Å². The lowest BCUT2D eigenvalue weighted by Gasteiger charge is -2.42. The first-order valence-electron chi connectivity index (χ1n) is 12.9. The summed E-state index contributed by atoms with van der Waals surface area (Å²) in [6, 6.07) is 7.34. The standard InChI is InChI=1S/C27H44BrO4P/c1-17(2)23-13-7-19(5)15-25(23)31-33(30,27(29)21-9-11-22(28)12-10-21)32-26-16-20(6)8-14-24(26)18(3)4/h9-12,17-20,23-27,29H,7-8,13-16H2,1-6H3/t19-,20-,23-,24-,25-,26-,27-/m1/s1. The highest BCUT2D eigenvalue weighted by Crippen LogP contribution is 2.64. The van der Waals surface area contributed by atoms with Crippen molar-refractivity contribution in [1.29, 1.82) is 0 Å². The summed E-state index contributed by atoms with van der Waals surface area (Å²) in [6.07, 6.45) is 5.85. The molecule has 1 aromatic carbocycles. The number of halogens is 1. The van der Waals surface area contributed by atoms with Crippen LogP contribution in [0.2, 0.25) is 0 Å². The van der Waals surface area contributed by atoms with E-state index in [2.05, 4.69) is 57.5 Å². The summed E-state index contributed by atoms with van der Waals surface area (Å²) in [7, 11) is -3.85. The molecule has 1 N–H and O–H groups in total. The summed E-state index contributed by atoms with van der Waals surface area (Å²) >= 11 is 3.45. The van der Waals surface area contributed by atoms with Crippen molar-refractivity contribution >= 4 is 23.5 Å². The van der Waals surface area contributed by atoms with Gasteiger partial charge in [0.15, 0.2) is 5.85 Å². The van der Waals surface area contributed by atoms with Gasteiger partial charge in [-0.25, -0.2) is 0 Å². The Hall–Kier alpha value is -0.190. The SMILES string of the molecule is CC(C)[C@H]1CC[C@@H](C)C[C@H]1OP(=O)(O[C@@H]1C[C@H](C)CC[C@@H]1C(C)C)[C@@H](O)c1ccc(Br)cc1. The van der Waals surface area contributed by atoms with Crippen LogP contribution in [0, 0.1) is 35.5 Å². The molecule has 0 radical (unpaired) electrons. The van der Waals surface area contributed by atoms with E-state index in [9.17, 15) is 9.67 Å². The number of benzene rings is 1. The number of aliphatic hydroxyl groups is 1. The van der Waals surface area contributed by atoms with Crippen LogP contribution in [-0.2, 0) is 13.6 Å². The quantitative estimate of drug-likeness (QED) is 0.334. The van der Waals surface area contributed by atoms with Crippen molar-refractivity contribution in [2.24, 2.45) is 35.5 Å². The molecule has 1 aromatic rings. The smallest absolute Gasteiger partial charge is 0.363 e. The Morgan fingerprint density at radius 2 is 1.27 bits per heavy atom. The maximum Gasteiger partial charge on any atom is 0.363 e. The summed E-state index contributed by atoms with van der Waals surface area (Å²) in [5.74, 6) is 1.24. The lowest BCUT2D eigenvalue weighted by molar-refractivity contribution is -0.0153. The minimum atomic E-state index is -3.85. The topological polar surface area (TPSA) is 55.8 Å². The van der Waals surface area contributed by atoms with Crippen LogP contribution in [0.3, 0.4) is 0 Å². The Bertz CT molecular complexity index is 758. The highest BCUT2D eigenvalue weighted by Gasteiger charge is 2.46. The summed E-state index contributed by atoms with van der Waals surface area (Å²) in [4.78, 5) is 0. The molecule has 188 valence electrons. The van der Waals surface area contributed by atoms with Gasteiger partial charge in [0.1, 0.15) is 0 Å². The largest absolute Gasteiger partial charge is 0.376 e. The van der Waals surface area contributed by atoms with Crippen LogP contribution >= 0.6 is 23.5 Å². The number of rotatable bonds is 8. The van der Waals surface area contributed by atoms with E-state index in [0.717, 1.165) is 30.2 Å². The van der Waals surface area contributed by atoms with Crippen LogP contribution in [0.25, 0.3) is 0 Å². The molecule has 0 amide bonds. The summed E-state index contributed by atoms with van der Waals surface area (Å²) < 4.78 is 28.5. The van der Waals surface area contributed by atoms with Gasteiger partial charge in [-0.3, -0.25) is 4.57 Å². The predicted octanol–water partition coefficient (Wildman–Crippen LogP) is 8.59. The van der Waals surface area contributed by atoms with Gasteiger partial charge in [-0.05, 0) is 78.9 Å². The predicted molar refractivity (Wildman–Crippen MR) is 139 cm³/mol. The molecule has 2 aliphatic rings. The van der Waals surface area contributed by atoms with E-state index >= 15 is 0 Å². The van der Waals surface area contributed by atoms with Crippen molar-refractivity contribution in [2.75, 3.05) is 0 Å². The Kier molecular flexibility index (Phi) is 9.71. The molecule has 3 rings (SSSR count). The summed E-state index contributed by atoms with van der Waals surface area (Å²) in [5, 5.41) is 11.4. The first-order chi connectivity index (χ1) is 15.5. The summed E-state index contributed by atoms with van der Waals surface area (Å²) in [6.45, 7) is 13.3. The zero-order valence-corrected chi connectivity index (χ0v) is 23.7. The average Bonchev–Trinajstić information content (AvgIpc) is 2.73. The van der Waals surface area contributed by atoms with E-state index in [1.165, 1.54) is 12.8 Å². The van der Waals surface area contributed by atoms with Crippen molar-refractivity contribution in [1.82, 2.24) is 0 Å². The second kappa shape index (κ2) is 11.7. The molecule has 2 aliphatic carbocycles. The zero-order chi connectivity index (χ0) is 24.3. The maximum atomic E-state index is 14.6. The van der Waals surface area contributed by atoms with E-state index in [-0.39, 0.29) is 12.2 Å². The fourth-order valence-corrected chi connectivity index (χ4v) is 8.13. The van der Waals surface area contributed by atoms with Gasteiger partial charge < -0.3 is 14.2 Å². The van der Waals surface area contributed by atoms with Gasteiger partial charge in [0.05, 0.1) is 12.2 Å². The molecular weight excluding hydrogens is 499 g/mol. The molecular formula is C27H44BrO4P. The van der Waals surface area contributed by atoms with E-state index in [1.54, 1.807) is 12.1 Å². The van der Waals surface area contributed by atoms with Crippen molar-refractivity contribution in [3.8, 4) is 0 Å². The highest BCUT2D eigenvalue weighted by molar-refractivity contribution is 9.10. The maximum absolute atomic E-state index is 14.6. The Morgan fingerprint density at radius 3 is 1.67 bits per heavy atom. The third kappa shape index (κ3) is 6.94. The average molecular weight is 544 g/mol. The minimum absolute atomic E-state index is 0.164. The molecule has 7 atom stereocenters. The van der Waals surface area contributed by atoms with Crippen LogP contribution < -0.4 is 0 Å². The van der Waals surface area contributed by atoms with E-state index in [0.29, 0.717) is 41.1 Å². The summed E-state index contributed by atoms with van der Waals surface area (Å²) in [5.41, 5.74) is 0.580. The molecule has 6 heteroatoms. The molecule has 0 unspecified atom stereocenters. The third-order valence-corrected chi connectivity index (χ3v) is 10.5. The van der Waals surface area contributed by atoms with E-state index in [1.807, 2.05) is 12.1 Å². The Morgan fingerprint density at radius 1 is 0.848 bits per heavy atom. The van der Waals surface area contributed by atoms with Gasteiger partial charge in [-0.1, -0.05) is 82.4 Å². The first kappa shape index (κ1) is 27.4. The van der Waals surface area contributed by atoms with Gasteiger partial charge in [0, 0.05) is 4.47 Å². The molecule has 4 nitrogen and oxygen atoms in total. The molecule has 0 heterocycles. The second-order valence-electron chi connectivity index (χ2n) is 11.4. The molecule has 33 heavy (non-hydrogen) atoms. The molecule has 0 saturated heterocycles. The Labute approximate surface area is 209 Å². The zero-order valence-electron chi connectivity index (χ0n) is 21.2. The van der Waals surface area contributed by atoms with Crippen molar-refractivity contribution in [3.05, 3.63) is 34.3 Å². The van der Waals surface area contributed by atoms with Gasteiger partial charge in [-0.15, -0.1) is 0 Å². The van der Waals surface area contributed by atoms with Gasteiger partial charge in [0.2, 0.25) is 0 Å². The lowest BCUT2D eigenvalue weighted by Crippen LogP contribution is -2.37. The van der Waals surface area contributed by atoms with Crippen LogP contribution in [0.4, 0.5) is 0 Å². The molecule has 0 aromatic heterocycles. The number of aliphatic hydroxyl groups excluding tert-OH is 1. The van der Waals surface area contributed by atoms with Crippen LogP contribution in [-0.4, -0.2) is 17.3 Å². The van der Waals surface area contributed by atoms with Crippen molar-refractivity contribution in [3.63, 3.8) is 0 Å². The monoisotopic (exact) mass is 542 g/mol. The van der Waals surface area contributed by atoms with E-state index < -0.39 is 13.4 Å². The van der Waals surface area contributed by atoms with Crippen LogP contribution in [0.15, 0.2) is 28.7 Å². The lowest BCUT2D eigenvalue weighted by atomic mass is 9.75. The third-order valence-electron chi connectivity index (χ3n) is 7.95. The number of hydrogen-bond acceptors (Lipinski definition) is 4. The fraction of sp³-hybridized carbons (Fsp3) is 0.778. The second-order valence-corrected chi connectivity index (χ2v) is 14.3. The molecule has 2 fully saturated rings. The van der Waals surface area contributed by atoms with Crippen LogP contribution in [0.5, 0.6) is 0 Å². The number of hydrogen-bond donors (Lipinski definition) is 1. The minimum Gasteiger partial charge on any atom is -0.376 e. The molecule has 0 aliphatic heterocycles. The van der Waals surface area contributed by atoms with Gasteiger partial charge in [0.25, 0.3) is 0 Å². The van der Waals surface area contributed by atoms with Crippen molar-refractivity contribution < 1.29 is 18.7 Å². The molecule has 2 saturated carbocycles. The highest BCUT2D eigenvalue weighted by atomic mass is 79.9.